The second-order valence-electron chi connectivity index (χ2n) is 5.86. The standard InChI is InChI=1S/C15H28N2S/c1-2-17(14-11-7-4-8-12-14)15(18)16-13-9-5-3-6-10-13/h13-14H,2-12H2,1H3,(H,16,18). The first-order valence-corrected chi connectivity index (χ1v) is 8.29. The normalized spacial score (nSPS) is 22.7. The zero-order valence-corrected chi connectivity index (χ0v) is 12.6. The summed E-state index contributed by atoms with van der Waals surface area (Å²) in [4.78, 5) is 2.45. The Labute approximate surface area is 118 Å². The van der Waals surface area contributed by atoms with Gasteiger partial charge >= 0.3 is 0 Å². The lowest BCUT2D eigenvalue weighted by molar-refractivity contribution is 0.245. The Bertz CT molecular complexity index is 255. The lowest BCUT2D eigenvalue weighted by Gasteiger charge is -2.37. The zero-order chi connectivity index (χ0) is 12.8. The summed E-state index contributed by atoms with van der Waals surface area (Å²) >= 11 is 5.65. The average Bonchev–Trinajstić information content (AvgIpc) is 2.42. The molecule has 2 aliphatic rings. The minimum Gasteiger partial charge on any atom is -0.360 e. The second-order valence-corrected chi connectivity index (χ2v) is 6.25. The van der Waals surface area contributed by atoms with E-state index in [1.165, 1.54) is 64.2 Å². The van der Waals surface area contributed by atoms with E-state index < -0.39 is 0 Å². The SMILES string of the molecule is CCN(C(=S)NC1CCCCC1)C1CCCCC1. The number of nitrogens with one attached hydrogen (secondary N) is 1. The molecule has 0 aromatic carbocycles. The van der Waals surface area contributed by atoms with Gasteiger partial charge in [0.25, 0.3) is 0 Å². The number of rotatable bonds is 3. The molecule has 0 unspecified atom stereocenters. The molecule has 0 atom stereocenters. The molecule has 0 saturated heterocycles. The first-order chi connectivity index (χ1) is 8.81. The minimum atomic E-state index is 0.642. The first-order valence-electron chi connectivity index (χ1n) is 7.88. The first kappa shape index (κ1) is 14.1. The Balaban J connectivity index is 1.83. The van der Waals surface area contributed by atoms with Crippen LogP contribution in [0.2, 0.25) is 0 Å². The molecule has 2 rings (SSSR count). The van der Waals surface area contributed by atoms with Crippen molar-refractivity contribution in [2.75, 3.05) is 6.54 Å². The molecule has 2 aliphatic carbocycles. The Morgan fingerprint density at radius 1 is 1.00 bits per heavy atom. The molecular weight excluding hydrogens is 240 g/mol. The Morgan fingerprint density at radius 3 is 2.11 bits per heavy atom. The van der Waals surface area contributed by atoms with Crippen LogP contribution in [-0.2, 0) is 0 Å². The van der Waals surface area contributed by atoms with Gasteiger partial charge in [-0.25, -0.2) is 0 Å². The van der Waals surface area contributed by atoms with Gasteiger partial charge in [-0.1, -0.05) is 38.5 Å². The molecule has 0 aromatic rings. The lowest BCUT2D eigenvalue weighted by atomic mass is 9.94. The van der Waals surface area contributed by atoms with Crippen LogP contribution in [0, 0.1) is 0 Å². The molecule has 2 fully saturated rings. The van der Waals surface area contributed by atoms with Crippen molar-refractivity contribution in [3.8, 4) is 0 Å². The minimum absolute atomic E-state index is 0.642. The van der Waals surface area contributed by atoms with Crippen LogP contribution in [0.3, 0.4) is 0 Å². The van der Waals surface area contributed by atoms with E-state index in [-0.39, 0.29) is 0 Å². The Kier molecular flexibility index (Phi) is 5.74. The summed E-state index contributed by atoms with van der Waals surface area (Å²) < 4.78 is 0. The van der Waals surface area contributed by atoms with E-state index >= 15 is 0 Å². The van der Waals surface area contributed by atoms with Gasteiger partial charge in [-0.2, -0.15) is 0 Å². The highest BCUT2D eigenvalue weighted by molar-refractivity contribution is 7.80. The van der Waals surface area contributed by atoms with Crippen molar-refractivity contribution in [1.29, 1.82) is 0 Å². The molecule has 2 saturated carbocycles. The fourth-order valence-electron chi connectivity index (χ4n) is 3.46. The molecule has 1 N–H and O–H groups in total. The summed E-state index contributed by atoms with van der Waals surface area (Å²) in [7, 11) is 0. The smallest absolute Gasteiger partial charge is 0.169 e. The van der Waals surface area contributed by atoms with Gasteiger partial charge in [-0.3, -0.25) is 0 Å². The van der Waals surface area contributed by atoms with Crippen LogP contribution < -0.4 is 5.32 Å². The Morgan fingerprint density at radius 2 is 1.56 bits per heavy atom. The second kappa shape index (κ2) is 7.32. The zero-order valence-electron chi connectivity index (χ0n) is 11.8. The summed E-state index contributed by atoms with van der Waals surface area (Å²) in [5.41, 5.74) is 0. The highest BCUT2D eigenvalue weighted by atomic mass is 32.1. The van der Waals surface area contributed by atoms with Gasteiger partial charge < -0.3 is 10.2 Å². The maximum atomic E-state index is 5.65. The molecule has 3 heteroatoms. The summed E-state index contributed by atoms with van der Waals surface area (Å²) in [6.45, 7) is 3.30. The molecule has 0 aromatic heterocycles. The third-order valence-corrected chi connectivity index (χ3v) is 4.90. The highest BCUT2D eigenvalue weighted by Gasteiger charge is 2.23. The summed E-state index contributed by atoms with van der Waals surface area (Å²) in [5, 5.41) is 4.65. The van der Waals surface area contributed by atoms with Crippen molar-refractivity contribution in [3.63, 3.8) is 0 Å². The van der Waals surface area contributed by atoms with Gasteiger partial charge in [-0.05, 0) is 44.8 Å². The van der Waals surface area contributed by atoms with E-state index in [2.05, 4.69) is 17.1 Å². The van der Waals surface area contributed by atoms with E-state index in [0.29, 0.717) is 12.1 Å². The lowest BCUT2D eigenvalue weighted by Crippen LogP contribution is -2.49. The van der Waals surface area contributed by atoms with Crippen LogP contribution in [0.5, 0.6) is 0 Å². The van der Waals surface area contributed by atoms with E-state index in [1.54, 1.807) is 0 Å². The third-order valence-electron chi connectivity index (χ3n) is 4.55. The molecule has 18 heavy (non-hydrogen) atoms. The van der Waals surface area contributed by atoms with Gasteiger partial charge in [-0.15, -0.1) is 0 Å². The molecule has 0 heterocycles. The van der Waals surface area contributed by atoms with Gasteiger partial charge in [0.05, 0.1) is 0 Å². The van der Waals surface area contributed by atoms with E-state index in [4.69, 9.17) is 12.2 Å². The molecule has 0 aliphatic heterocycles. The quantitative estimate of drug-likeness (QED) is 0.783. The topological polar surface area (TPSA) is 15.3 Å². The van der Waals surface area contributed by atoms with Gasteiger partial charge in [0, 0.05) is 18.6 Å². The number of nitrogens with zero attached hydrogens (tertiary/aromatic N) is 1. The highest BCUT2D eigenvalue weighted by Crippen LogP contribution is 2.23. The van der Waals surface area contributed by atoms with Crippen molar-refractivity contribution in [3.05, 3.63) is 0 Å². The van der Waals surface area contributed by atoms with Crippen LogP contribution in [0.15, 0.2) is 0 Å². The summed E-state index contributed by atoms with van der Waals surface area (Å²) in [6.07, 6.45) is 13.6. The fourth-order valence-corrected chi connectivity index (χ4v) is 3.91. The molecule has 0 amide bonds. The van der Waals surface area contributed by atoms with E-state index in [0.717, 1.165) is 11.7 Å². The van der Waals surface area contributed by atoms with Gasteiger partial charge in [0.1, 0.15) is 0 Å². The van der Waals surface area contributed by atoms with Crippen molar-refractivity contribution >= 4 is 17.3 Å². The predicted molar refractivity (Wildman–Crippen MR) is 81.9 cm³/mol. The van der Waals surface area contributed by atoms with Crippen molar-refractivity contribution in [2.45, 2.75) is 83.2 Å². The van der Waals surface area contributed by atoms with E-state index in [1.807, 2.05) is 0 Å². The van der Waals surface area contributed by atoms with Crippen molar-refractivity contribution < 1.29 is 0 Å². The van der Waals surface area contributed by atoms with E-state index in [9.17, 15) is 0 Å². The van der Waals surface area contributed by atoms with Crippen molar-refractivity contribution in [1.82, 2.24) is 10.2 Å². The maximum Gasteiger partial charge on any atom is 0.169 e. The maximum absolute atomic E-state index is 5.65. The van der Waals surface area contributed by atoms with Crippen LogP contribution >= 0.6 is 12.2 Å². The predicted octanol–water partition coefficient (Wildman–Crippen LogP) is 3.85. The third kappa shape index (κ3) is 3.84. The number of thiocarbonyl (C=S) groups is 1. The number of hydrogen-bond acceptors (Lipinski definition) is 1. The summed E-state index contributed by atoms with van der Waals surface area (Å²) in [6, 6.07) is 1.34. The van der Waals surface area contributed by atoms with Crippen LogP contribution in [0.4, 0.5) is 0 Å². The average molecular weight is 268 g/mol. The van der Waals surface area contributed by atoms with Crippen LogP contribution in [0.1, 0.15) is 71.1 Å². The van der Waals surface area contributed by atoms with Crippen LogP contribution in [-0.4, -0.2) is 28.6 Å². The molecule has 0 bridgehead atoms. The molecule has 104 valence electrons. The largest absolute Gasteiger partial charge is 0.360 e. The van der Waals surface area contributed by atoms with Gasteiger partial charge in [0.15, 0.2) is 5.11 Å². The molecule has 2 nitrogen and oxygen atoms in total. The monoisotopic (exact) mass is 268 g/mol. The van der Waals surface area contributed by atoms with Crippen molar-refractivity contribution in [2.24, 2.45) is 0 Å². The molecular formula is C15H28N2S. The van der Waals surface area contributed by atoms with Gasteiger partial charge in [0.2, 0.25) is 0 Å². The summed E-state index contributed by atoms with van der Waals surface area (Å²) in [5.74, 6) is 0. The Hall–Kier alpha value is -0.310. The van der Waals surface area contributed by atoms with Crippen LogP contribution in [0.25, 0.3) is 0 Å². The number of hydrogen-bond donors (Lipinski definition) is 1. The molecule has 0 radical (unpaired) electrons. The molecule has 0 spiro atoms. The fraction of sp³-hybridized carbons (Fsp3) is 0.933.